The molecule has 128 valence electrons. The van der Waals surface area contributed by atoms with Crippen LogP contribution in [0.5, 0.6) is 5.75 Å². The molecule has 2 rings (SSSR count). The van der Waals surface area contributed by atoms with Crippen molar-refractivity contribution in [2.75, 3.05) is 11.9 Å². The minimum Gasteiger partial charge on any atom is -0.483 e. The molecule has 1 amide bonds. The average molecular weight is 390 g/mol. The van der Waals surface area contributed by atoms with Crippen LogP contribution in [0.2, 0.25) is 0 Å². The molecule has 0 aliphatic heterocycles. The molecule has 0 fully saturated rings. The monoisotopic (exact) mass is 389 g/mol. The molecule has 0 aliphatic carbocycles. The quantitative estimate of drug-likeness (QED) is 0.750. The second kappa shape index (κ2) is 7.84. The molecule has 0 saturated carbocycles. The Morgan fingerprint density at radius 2 is 1.79 bits per heavy atom. The van der Waals surface area contributed by atoms with Crippen molar-refractivity contribution in [2.45, 2.75) is 39.5 Å². The van der Waals surface area contributed by atoms with Crippen molar-refractivity contribution in [3.8, 4) is 5.75 Å². The van der Waals surface area contributed by atoms with Crippen molar-refractivity contribution in [2.24, 2.45) is 0 Å². The second-order valence-corrected chi connectivity index (χ2v) is 7.64. The van der Waals surface area contributed by atoms with Crippen LogP contribution >= 0.6 is 15.9 Å². The number of anilines is 1. The predicted molar refractivity (Wildman–Crippen MR) is 103 cm³/mol. The smallest absolute Gasteiger partial charge is 0.262 e. The summed E-state index contributed by atoms with van der Waals surface area (Å²) in [6, 6.07) is 13.8. The normalized spacial score (nSPS) is 11.2. The highest BCUT2D eigenvalue weighted by atomic mass is 79.9. The SMILES string of the molecule is CCc1ccc(NC(=O)COc2ccc(C(C)(C)C)cc2Br)cc1. The molecule has 0 heterocycles. The third-order valence-corrected chi connectivity index (χ3v) is 4.42. The Bertz CT molecular complexity index is 703. The van der Waals surface area contributed by atoms with Crippen molar-refractivity contribution < 1.29 is 9.53 Å². The lowest BCUT2D eigenvalue weighted by atomic mass is 9.87. The Hall–Kier alpha value is -1.81. The Kier molecular flexibility index (Phi) is 6.05. The first-order valence-electron chi connectivity index (χ1n) is 8.11. The maximum Gasteiger partial charge on any atom is 0.262 e. The highest BCUT2D eigenvalue weighted by Crippen LogP contribution is 2.31. The lowest BCUT2D eigenvalue weighted by molar-refractivity contribution is -0.118. The molecular formula is C20H24BrNO2. The molecule has 3 nitrogen and oxygen atoms in total. The summed E-state index contributed by atoms with van der Waals surface area (Å²) in [5.74, 6) is 0.491. The van der Waals surface area contributed by atoms with Crippen LogP contribution < -0.4 is 10.1 Å². The summed E-state index contributed by atoms with van der Waals surface area (Å²) in [6.07, 6.45) is 0.982. The van der Waals surface area contributed by atoms with Gasteiger partial charge in [-0.1, -0.05) is 45.9 Å². The first-order chi connectivity index (χ1) is 11.3. The van der Waals surface area contributed by atoms with E-state index in [0.717, 1.165) is 16.6 Å². The first-order valence-corrected chi connectivity index (χ1v) is 8.90. The standard InChI is InChI=1S/C20H24BrNO2/c1-5-14-6-9-16(10-7-14)22-19(23)13-24-18-11-8-15(12-17(18)21)20(2,3)4/h6-12H,5,13H2,1-4H3,(H,22,23). The number of hydrogen-bond acceptors (Lipinski definition) is 2. The number of rotatable bonds is 5. The number of carbonyl (C=O) groups excluding carboxylic acids is 1. The lowest BCUT2D eigenvalue weighted by Crippen LogP contribution is -2.20. The number of amides is 1. The summed E-state index contributed by atoms with van der Waals surface area (Å²) in [5.41, 5.74) is 3.31. The maximum atomic E-state index is 12.0. The van der Waals surface area contributed by atoms with Gasteiger partial charge >= 0.3 is 0 Å². The van der Waals surface area contributed by atoms with Crippen LogP contribution in [0.1, 0.15) is 38.8 Å². The number of carbonyl (C=O) groups is 1. The van der Waals surface area contributed by atoms with E-state index in [4.69, 9.17) is 4.74 Å². The van der Waals surface area contributed by atoms with Gasteiger partial charge in [0.2, 0.25) is 0 Å². The third-order valence-electron chi connectivity index (χ3n) is 3.80. The summed E-state index contributed by atoms with van der Waals surface area (Å²) in [6.45, 7) is 8.55. The minimum absolute atomic E-state index is 0.0248. The van der Waals surface area contributed by atoms with Gasteiger partial charge in [-0.2, -0.15) is 0 Å². The van der Waals surface area contributed by atoms with Crippen LogP contribution in [0.25, 0.3) is 0 Å². The van der Waals surface area contributed by atoms with E-state index >= 15 is 0 Å². The summed E-state index contributed by atoms with van der Waals surface area (Å²) in [5, 5.41) is 2.84. The highest BCUT2D eigenvalue weighted by molar-refractivity contribution is 9.10. The minimum atomic E-state index is -0.175. The maximum absolute atomic E-state index is 12.0. The van der Waals surface area contributed by atoms with E-state index < -0.39 is 0 Å². The van der Waals surface area contributed by atoms with Gasteiger partial charge < -0.3 is 10.1 Å². The number of aryl methyl sites for hydroxylation is 1. The molecule has 0 radical (unpaired) electrons. The summed E-state index contributed by atoms with van der Waals surface area (Å²) in [7, 11) is 0. The van der Waals surface area contributed by atoms with Crippen LogP contribution in [-0.4, -0.2) is 12.5 Å². The molecule has 0 aliphatic rings. The van der Waals surface area contributed by atoms with E-state index in [1.54, 1.807) is 0 Å². The number of ether oxygens (including phenoxy) is 1. The van der Waals surface area contributed by atoms with Gasteiger partial charge in [-0.05, 0) is 63.2 Å². The zero-order valence-electron chi connectivity index (χ0n) is 14.7. The van der Waals surface area contributed by atoms with Crippen LogP contribution in [-0.2, 0) is 16.6 Å². The number of hydrogen-bond donors (Lipinski definition) is 1. The van der Waals surface area contributed by atoms with E-state index in [9.17, 15) is 4.79 Å². The van der Waals surface area contributed by atoms with Crippen molar-refractivity contribution in [1.82, 2.24) is 0 Å². The van der Waals surface area contributed by atoms with E-state index in [0.29, 0.717) is 5.75 Å². The largest absolute Gasteiger partial charge is 0.483 e. The van der Waals surface area contributed by atoms with E-state index in [-0.39, 0.29) is 17.9 Å². The lowest BCUT2D eigenvalue weighted by Gasteiger charge is -2.20. The third kappa shape index (κ3) is 5.10. The topological polar surface area (TPSA) is 38.3 Å². The van der Waals surface area contributed by atoms with Gasteiger partial charge in [0.05, 0.1) is 4.47 Å². The summed E-state index contributed by atoms with van der Waals surface area (Å²) in [4.78, 5) is 12.0. The molecule has 0 saturated heterocycles. The molecule has 4 heteroatoms. The fourth-order valence-electron chi connectivity index (χ4n) is 2.25. The van der Waals surface area contributed by atoms with Crippen LogP contribution in [0.15, 0.2) is 46.9 Å². The average Bonchev–Trinajstić information content (AvgIpc) is 2.53. The van der Waals surface area contributed by atoms with Crippen LogP contribution in [0, 0.1) is 0 Å². The van der Waals surface area contributed by atoms with Crippen LogP contribution in [0.3, 0.4) is 0 Å². The number of nitrogens with one attached hydrogen (secondary N) is 1. The van der Waals surface area contributed by atoms with Gasteiger partial charge in [0.15, 0.2) is 6.61 Å². The molecule has 1 N–H and O–H groups in total. The van der Waals surface area contributed by atoms with E-state index in [1.807, 2.05) is 42.5 Å². The Balaban J connectivity index is 1.93. The molecule has 2 aromatic rings. The Morgan fingerprint density at radius 1 is 1.12 bits per heavy atom. The molecule has 0 atom stereocenters. The Morgan fingerprint density at radius 3 is 2.33 bits per heavy atom. The molecule has 0 aromatic heterocycles. The van der Waals surface area contributed by atoms with Crippen LogP contribution in [0.4, 0.5) is 5.69 Å². The van der Waals surface area contributed by atoms with Gasteiger partial charge in [0.1, 0.15) is 5.75 Å². The number of benzene rings is 2. The van der Waals surface area contributed by atoms with Crippen molar-refractivity contribution in [3.05, 3.63) is 58.1 Å². The van der Waals surface area contributed by atoms with Crippen molar-refractivity contribution in [1.29, 1.82) is 0 Å². The van der Waals surface area contributed by atoms with E-state index in [1.165, 1.54) is 11.1 Å². The molecule has 0 spiro atoms. The fraction of sp³-hybridized carbons (Fsp3) is 0.350. The first kappa shape index (κ1) is 18.5. The van der Waals surface area contributed by atoms with Crippen molar-refractivity contribution >= 4 is 27.5 Å². The van der Waals surface area contributed by atoms with Gasteiger partial charge in [0.25, 0.3) is 5.91 Å². The fourth-order valence-corrected chi connectivity index (χ4v) is 2.74. The zero-order chi connectivity index (χ0) is 17.7. The molecular weight excluding hydrogens is 366 g/mol. The molecule has 2 aromatic carbocycles. The summed E-state index contributed by atoms with van der Waals surface area (Å²) < 4.78 is 6.48. The predicted octanol–water partition coefficient (Wildman–Crippen LogP) is 5.33. The molecule has 0 bridgehead atoms. The number of halogens is 1. The van der Waals surface area contributed by atoms with Gasteiger partial charge in [-0.15, -0.1) is 0 Å². The van der Waals surface area contributed by atoms with Gasteiger partial charge in [-0.25, -0.2) is 0 Å². The Labute approximate surface area is 152 Å². The summed E-state index contributed by atoms with van der Waals surface area (Å²) >= 11 is 3.52. The zero-order valence-corrected chi connectivity index (χ0v) is 16.2. The second-order valence-electron chi connectivity index (χ2n) is 6.78. The highest BCUT2D eigenvalue weighted by Gasteiger charge is 2.15. The van der Waals surface area contributed by atoms with Gasteiger partial charge in [0, 0.05) is 5.69 Å². The van der Waals surface area contributed by atoms with Gasteiger partial charge in [-0.3, -0.25) is 4.79 Å². The molecule has 24 heavy (non-hydrogen) atoms. The van der Waals surface area contributed by atoms with E-state index in [2.05, 4.69) is 48.9 Å². The molecule has 0 unspecified atom stereocenters. The van der Waals surface area contributed by atoms with Crippen molar-refractivity contribution in [3.63, 3.8) is 0 Å².